The molecule has 0 saturated carbocycles. The Labute approximate surface area is 189 Å². The Kier molecular flexibility index (Phi) is 8.86. The van der Waals surface area contributed by atoms with Gasteiger partial charge in [-0.25, -0.2) is 4.79 Å². The average molecular weight is 455 g/mol. The Hall–Kier alpha value is -3.77. The van der Waals surface area contributed by atoms with E-state index in [2.05, 4.69) is 0 Å². The number of thioether (sulfide) groups is 1. The van der Waals surface area contributed by atoms with Gasteiger partial charge in [0, 0.05) is 23.1 Å². The van der Waals surface area contributed by atoms with Gasteiger partial charge in [0.15, 0.2) is 11.5 Å². The van der Waals surface area contributed by atoms with Gasteiger partial charge in [0.05, 0.1) is 19.3 Å². The summed E-state index contributed by atoms with van der Waals surface area (Å²) >= 11 is 1.33. The zero-order valence-electron chi connectivity index (χ0n) is 17.8. The third-order valence-corrected chi connectivity index (χ3v) is 5.19. The Balaban J connectivity index is 2.55. The molecule has 0 unspecified atom stereocenters. The highest BCUT2D eigenvalue weighted by atomic mass is 32.2. The maximum Gasteiger partial charge on any atom is 0.338 e. The predicted octanol–water partition coefficient (Wildman–Crippen LogP) is 3.48. The SMILES string of the molecule is CCOc1cc(/C=C(\C#N)C(N)=O)cc(CSc2ccccc2C(=O)OC)c1OC(C)=O. The summed E-state index contributed by atoms with van der Waals surface area (Å²) in [6.45, 7) is 3.33. The van der Waals surface area contributed by atoms with Crippen molar-refractivity contribution in [3.63, 3.8) is 0 Å². The molecule has 0 aromatic heterocycles. The zero-order valence-corrected chi connectivity index (χ0v) is 18.7. The lowest BCUT2D eigenvalue weighted by atomic mass is 10.1. The number of ether oxygens (including phenoxy) is 3. The summed E-state index contributed by atoms with van der Waals surface area (Å²) in [4.78, 5) is 35.9. The molecule has 0 heterocycles. The quantitative estimate of drug-likeness (QED) is 0.200. The number of hydrogen-bond donors (Lipinski definition) is 1. The van der Waals surface area contributed by atoms with Gasteiger partial charge in [-0.3, -0.25) is 9.59 Å². The van der Waals surface area contributed by atoms with Gasteiger partial charge in [0.1, 0.15) is 11.6 Å². The van der Waals surface area contributed by atoms with E-state index in [1.165, 1.54) is 31.9 Å². The van der Waals surface area contributed by atoms with Gasteiger partial charge in [-0.1, -0.05) is 12.1 Å². The number of nitrogens with zero attached hydrogens (tertiary/aromatic N) is 1. The molecule has 0 aliphatic rings. The molecular weight excluding hydrogens is 432 g/mol. The van der Waals surface area contributed by atoms with Gasteiger partial charge >= 0.3 is 11.9 Å². The number of primary amides is 1. The highest BCUT2D eigenvalue weighted by Gasteiger charge is 2.18. The maximum atomic E-state index is 12.1. The summed E-state index contributed by atoms with van der Waals surface area (Å²) in [5.41, 5.74) is 6.43. The summed E-state index contributed by atoms with van der Waals surface area (Å²) < 4.78 is 15.9. The van der Waals surface area contributed by atoms with Crippen LogP contribution in [0.2, 0.25) is 0 Å². The minimum absolute atomic E-state index is 0.220. The van der Waals surface area contributed by atoms with Gasteiger partial charge in [0.2, 0.25) is 0 Å². The van der Waals surface area contributed by atoms with Crippen molar-refractivity contribution < 1.29 is 28.6 Å². The first-order chi connectivity index (χ1) is 15.3. The first-order valence-corrected chi connectivity index (χ1v) is 10.5. The molecule has 0 spiro atoms. The Morgan fingerprint density at radius 3 is 2.53 bits per heavy atom. The van der Waals surface area contributed by atoms with Crippen LogP contribution in [0.4, 0.5) is 0 Å². The molecule has 0 bridgehead atoms. The average Bonchev–Trinajstić information content (AvgIpc) is 2.77. The molecule has 2 aromatic carbocycles. The van der Waals surface area contributed by atoms with Gasteiger partial charge in [-0.05, 0) is 42.8 Å². The van der Waals surface area contributed by atoms with E-state index in [9.17, 15) is 14.4 Å². The van der Waals surface area contributed by atoms with Gasteiger partial charge in [-0.15, -0.1) is 11.8 Å². The Morgan fingerprint density at radius 2 is 1.94 bits per heavy atom. The van der Waals surface area contributed by atoms with Crippen LogP contribution in [-0.2, 0) is 20.1 Å². The second kappa shape index (κ2) is 11.6. The normalized spacial score (nSPS) is 10.8. The van der Waals surface area contributed by atoms with Gasteiger partial charge < -0.3 is 19.9 Å². The van der Waals surface area contributed by atoms with E-state index in [0.717, 1.165) is 0 Å². The van der Waals surface area contributed by atoms with Crippen LogP contribution in [-0.4, -0.2) is 31.6 Å². The predicted molar refractivity (Wildman–Crippen MR) is 119 cm³/mol. The lowest BCUT2D eigenvalue weighted by Crippen LogP contribution is -2.12. The highest BCUT2D eigenvalue weighted by Crippen LogP contribution is 2.38. The van der Waals surface area contributed by atoms with Crippen LogP contribution in [0, 0.1) is 11.3 Å². The molecule has 1 amide bonds. The molecule has 0 fully saturated rings. The second-order valence-corrected chi connectivity index (χ2v) is 7.36. The van der Waals surface area contributed by atoms with E-state index in [-0.39, 0.29) is 22.8 Å². The number of benzene rings is 2. The van der Waals surface area contributed by atoms with Crippen molar-refractivity contribution in [2.45, 2.75) is 24.5 Å². The van der Waals surface area contributed by atoms with E-state index in [0.29, 0.717) is 28.2 Å². The first kappa shape index (κ1) is 24.5. The number of carbonyl (C=O) groups excluding carboxylic acids is 3. The molecule has 0 radical (unpaired) electrons. The lowest BCUT2D eigenvalue weighted by Gasteiger charge is -2.16. The van der Waals surface area contributed by atoms with E-state index in [1.54, 1.807) is 49.4 Å². The van der Waals surface area contributed by atoms with Crippen molar-refractivity contribution in [1.29, 1.82) is 5.26 Å². The number of nitrogens with two attached hydrogens (primary N) is 1. The summed E-state index contributed by atoms with van der Waals surface area (Å²) in [6.07, 6.45) is 1.33. The van der Waals surface area contributed by atoms with Crippen LogP contribution in [0.3, 0.4) is 0 Å². The summed E-state index contributed by atoms with van der Waals surface area (Å²) in [7, 11) is 1.30. The number of amides is 1. The van der Waals surface area contributed by atoms with Gasteiger partial charge in [-0.2, -0.15) is 5.26 Å². The van der Waals surface area contributed by atoms with Crippen LogP contribution in [0.5, 0.6) is 11.5 Å². The third kappa shape index (κ3) is 6.36. The Morgan fingerprint density at radius 1 is 1.22 bits per heavy atom. The number of esters is 2. The molecule has 9 heteroatoms. The van der Waals surface area contributed by atoms with Crippen molar-refractivity contribution in [2.75, 3.05) is 13.7 Å². The maximum absolute atomic E-state index is 12.1. The third-order valence-electron chi connectivity index (χ3n) is 4.07. The fraction of sp³-hybridized carbons (Fsp3) is 0.217. The monoisotopic (exact) mass is 454 g/mol. The zero-order chi connectivity index (χ0) is 23.7. The van der Waals surface area contributed by atoms with Crippen LogP contribution >= 0.6 is 11.8 Å². The molecule has 2 rings (SSSR count). The summed E-state index contributed by atoms with van der Waals surface area (Å²) in [5, 5.41) is 9.16. The summed E-state index contributed by atoms with van der Waals surface area (Å²) in [6, 6.07) is 11.9. The van der Waals surface area contributed by atoms with E-state index >= 15 is 0 Å². The highest BCUT2D eigenvalue weighted by molar-refractivity contribution is 7.98. The molecular formula is C23H22N2O6S. The Bertz CT molecular complexity index is 1100. The van der Waals surface area contributed by atoms with Crippen LogP contribution in [0.15, 0.2) is 46.9 Å². The van der Waals surface area contributed by atoms with E-state index in [4.69, 9.17) is 25.2 Å². The molecule has 0 aliphatic carbocycles. The molecule has 8 nitrogen and oxygen atoms in total. The van der Waals surface area contributed by atoms with Crippen molar-refractivity contribution in [2.24, 2.45) is 5.73 Å². The fourth-order valence-corrected chi connectivity index (χ4v) is 3.76. The molecule has 2 aromatic rings. The number of methoxy groups -OCH3 is 1. The van der Waals surface area contributed by atoms with Crippen molar-refractivity contribution in [3.8, 4) is 17.6 Å². The summed E-state index contributed by atoms with van der Waals surface area (Å²) in [5.74, 6) is -1.09. The first-order valence-electron chi connectivity index (χ1n) is 9.50. The minimum atomic E-state index is -0.863. The lowest BCUT2D eigenvalue weighted by molar-refractivity contribution is -0.132. The standard InChI is InChI=1S/C23H22N2O6S/c1-4-30-19-11-15(9-16(12-24)22(25)27)10-17(21(19)31-14(2)26)13-32-20-8-6-5-7-18(20)23(28)29-3/h5-11H,4,13H2,1-3H3,(H2,25,27)/b16-9+. The van der Waals surface area contributed by atoms with Gasteiger partial charge in [0.25, 0.3) is 5.91 Å². The smallest absolute Gasteiger partial charge is 0.338 e. The molecule has 0 saturated heterocycles. The molecule has 2 N–H and O–H groups in total. The molecule has 166 valence electrons. The largest absolute Gasteiger partial charge is 0.490 e. The van der Waals surface area contributed by atoms with Crippen LogP contribution in [0.25, 0.3) is 6.08 Å². The van der Waals surface area contributed by atoms with E-state index in [1.807, 2.05) is 0 Å². The van der Waals surface area contributed by atoms with E-state index < -0.39 is 17.8 Å². The topological polar surface area (TPSA) is 129 Å². The number of carbonyl (C=O) groups is 3. The minimum Gasteiger partial charge on any atom is -0.490 e. The van der Waals surface area contributed by atoms with Crippen molar-refractivity contribution in [1.82, 2.24) is 0 Å². The van der Waals surface area contributed by atoms with Crippen molar-refractivity contribution in [3.05, 3.63) is 58.7 Å². The molecule has 32 heavy (non-hydrogen) atoms. The van der Waals surface area contributed by atoms with Crippen LogP contribution < -0.4 is 15.2 Å². The fourth-order valence-electron chi connectivity index (χ4n) is 2.75. The number of rotatable bonds is 9. The molecule has 0 atom stereocenters. The van der Waals surface area contributed by atoms with Crippen molar-refractivity contribution >= 4 is 35.7 Å². The second-order valence-electron chi connectivity index (χ2n) is 6.34. The number of hydrogen-bond acceptors (Lipinski definition) is 8. The molecule has 0 aliphatic heterocycles. The number of nitriles is 1. The van der Waals surface area contributed by atoms with Crippen LogP contribution in [0.1, 0.15) is 35.3 Å².